The third-order valence-corrected chi connectivity index (χ3v) is 3.48. The van der Waals surface area contributed by atoms with Crippen LogP contribution in [0.4, 0.5) is 22.0 Å². The molecule has 1 amide bonds. The quantitative estimate of drug-likeness (QED) is 0.883. The lowest BCUT2D eigenvalue weighted by Gasteiger charge is -2.11. The molecule has 120 valence electrons. The number of hydrogen-bond donors (Lipinski definition) is 2. The number of benzene rings is 1. The van der Waals surface area contributed by atoms with Crippen molar-refractivity contribution >= 4 is 23.3 Å². The van der Waals surface area contributed by atoms with E-state index < -0.39 is 6.09 Å². The van der Waals surface area contributed by atoms with Crippen molar-refractivity contribution in [3.05, 3.63) is 48.7 Å². The maximum Gasteiger partial charge on any atom is 0.411 e. The molecule has 2 aromatic rings. The minimum Gasteiger partial charge on any atom is -0.447 e. The van der Waals surface area contributed by atoms with E-state index in [1.54, 1.807) is 18.3 Å². The Morgan fingerprint density at radius 3 is 2.78 bits per heavy atom. The second kappa shape index (κ2) is 7.60. The summed E-state index contributed by atoms with van der Waals surface area (Å²) in [7, 11) is 0. The highest BCUT2D eigenvalue weighted by Crippen LogP contribution is 2.16. The lowest BCUT2D eigenvalue weighted by atomic mass is 10.2. The summed E-state index contributed by atoms with van der Waals surface area (Å²) in [5.41, 5.74) is 1.54. The van der Waals surface area contributed by atoms with Crippen LogP contribution >= 0.6 is 0 Å². The van der Waals surface area contributed by atoms with Gasteiger partial charge in [0, 0.05) is 12.3 Å². The van der Waals surface area contributed by atoms with Crippen molar-refractivity contribution in [1.82, 2.24) is 4.98 Å². The minimum atomic E-state index is -0.494. The van der Waals surface area contributed by atoms with Gasteiger partial charge in [0.25, 0.3) is 0 Å². The van der Waals surface area contributed by atoms with E-state index in [9.17, 15) is 4.79 Å². The van der Waals surface area contributed by atoms with Gasteiger partial charge < -0.3 is 14.8 Å². The predicted octanol–water partition coefficient (Wildman–Crippen LogP) is 3.55. The predicted molar refractivity (Wildman–Crippen MR) is 87.9 cm³/mol. The molecule has 23 heavy (non-hydrogen) atoms. The molecule has 3 rings (SSSR count). The Kier molecular flexibility index (Phi) is 5.06. The number of anilines is 3. The van der Waals surface area contributed by atoms with E-state index >= 15 is 0 Å². The van der Waals surface area contributed by atoms with Gasteiger partial charge in [-0.25, -0.2) is 9.78 Å². The lowest BCUT2D eigenvalue weighted by Crippen LogP contribution is -2.21. The summed E-state index contributed by atoms with van der Waals surface area (Å²) in [6.07, 6.45) is 3.07. The average Bonchev–Trinajstić information content (AvgIpc) is 3.09. The van der Waals surface area contributed by atoms with Gasteiger partial charge in [-0.3, -0.25) is 5.32 Å². The molecule has 1 fully saturated rings. The number of ether oxygens (including phenoxy) is 2. The molecule has 2 heterocycles. The second-order valence-corrected chi connectivity index (χ2v) is 5.28. The zero-order valence-electron chi connectivity index (χ0n) is 12.7. The van der Waals surface area contributed by atoms with Gasteiger partial charge in [0.1, 0.15) is 12.4 Å². The minimum absolute atomic E-state index is 0.0244. The average molecular weight is 313 g/mol. The first-order valence-electron chi connectivity index (χ1n) is 7.63. The van der Waals surface area contributed by atoms with E-state index in [2.05, 4.69) is 15.6 Å². The molecule has 2 N–H and O–H groups in total. The summed E-state index contributed by atoms with van der Waals surface area (Å²) in [5, 5.41) is 5.83. The van der Waals surface area contributed by atoms with Crippen molar-refractivity contribution in [2.75, 3.05) is 23.8 Å². The summed E-state index contributed by atoms with van der Waals surface area (Å²) in [6.45, 7) is 1.03. The van der Waals surface area contributed by atoms with Crippen molar-refractivity contribution in [1.29, 1.82) is 0 Å². The molecule has 0 radical (unpaired) electrons. The van der Waals surface area contributed by atoms with Gasteiger partial charge in [-0.05, 0) is 37.1 Å². The van der Waals surface area contributed by atoms with Gasteiger partial charge in [-0.1, -0.05) is 18.2 Å². The Morgan fingerprint density at radius 1 is 1.22 bits per heavy atom. The smallest absolute Gasteiger partial charge is 0.411 e. The number of rotatable bonds is 5. The Balaban J connectivity index is 1.47. The van der Waals surface area contributed by atoms with Gasteiger partial charge in [0.05, 0.1) is 18.0 Å². The molecule has 1 aliphatic heterocycles. The Bertz CT molecular complexity index is 625. The molecule has 6 heteroatoms. The van der Waals surface area contributed by atoms with E-state index in [0.717, 1.165) is 25.1 Å². The van der Waals surface area contributed by atoms with Crippen LogP contribution < -0.4 is 10.6 Å². The molecule has 0 bridgehead atoms. The van der Waals surface area contributed by atoms with Crippen LogP contribution in [-0.2, 0) is 9.47 Å². The van der Waals surface area contributed by atoms with E-state index in [4.69, 9.17) is 9.47 Å². The Labute approximate surface area is 134 Å². The first kappa shape index (κ1) is 15.3. The molecule has 0 saturated carbocycles. The molecule has 0 spiro atoms. The van der Waals surface area contributed by atoms with Gasteiger partial charge in [-0.2, -0.15) is 0 Å². The van der Waals surface area contributed by atoms with E-state index in [1.807, 2.05) is 30.3 Å². The molecule has 1 aromatic carbocycles. The van der Waals surface area contributed by atoms with Crippen LogP contribution in [0, 0.1) is 0 Å². The fourth-order valence-electron chi connectivity index (χ4n) is 2.31. The van der Waals surface area contributed by atoms with E-state index in [0.29, 0.717) is 11.5 Å². The topological polar surface area (TPSA) is 72.5 Å². The largest absolute Gasteiger partial charge is 0.447 e. The number of nitrogens with zero attached hydrogens (tertiary/aromatic N) is 1. The monoisotopic (exact) mass is 313 g/mol. The van der Waals surface area contributed by atoms with Crippen molar-refractivity contribution in [2.45, 2.75) is 18.9 Å². The number of para-hydroxylation sites is 1. The van der Waals surface area contributed by atoms with E-state index in [1.165, 1.54) is 0 Å². The van der Waals surface area contributed by atoms with Crippen LogP contribution in [0.3, 0.4) is 0 Å². The highest BCUT2D eigenvalue weighted by Gasteiger charge is 2.17. The van der Waals surface area contributed by atoms with Crippen LogP contribution in [0.1, 0.15) is 12.8 Å². The van der Waals surface area contributed by atoms with Crippen LogP contribution in [-0.4, -0.2) is 30.4 Å². The summed E-state index contributed by atoms with van der Waals surface area (Å²) >= 11 is 0. The van der Waals surface area contributed by atoms with E-state index in [-0.39, 0.29) is 12.7 Å². The number of carbonyl (C=O) groups is 1. The highest BCUT2D eigenvalue weighted by atomic mass is 16.6. The van der Waals surface area contributed by atoms with Crippen LogP contribution in [0.5, 0.6) is 0 Å². The van der Waals surface area contributed by atoms with Crippen molar-refractivity contribution < 1.29 is 14.3 Å². The molecule has 1 atom stereocenters. The molecular formula is C17H19N3O3. The first-order valence-corrected chi connectivity index (χ1v) is 7.63. The fraction of sp³-hybridized carbons (Fsp3) is 0.294. The molecule has 1 aliphatic rings. The molecular weight excluding hydrogens is 294 g/mol. The standard InChI is InChI=1S/C17H19N3O3/c21-17(23-12-15-7-4-10-22-15)20-14-8-9-16(18-11-14)19-13-5-2-1-3-6-13/h1-3,5-6,8-9,11,15H,4,7,10,12H2,(H,18,19)(H,20,21). The first-order chi connectivity index (χ1) is 11.3. The lowest BCUT2D eigenvalue weighted by molar-refractivity contribution is 0.0484. The molecule has 1 aromatic heterocycles. The zero-order chi connectivity index (χ0) is 15.9. The number of hydrogen-bond acceptors (Lipinski definition) is 5. The van der Waals surface area contributed by atoms with Crippen molar-refractivity contribution in [2.24, 2.45) is 0 Å². The summed E-state index contributed by atoms with van der Waals surface area (Å²) < 4.78 is 10.5. The molecule has 1 saturated heterocycles. The molecule has 1 unspecified atom stereocenters. The number of aromatic nitrogens is 1. The van der Waals surface area contributed by atoms with Crippen LogP contribution in [0.2, 0.25) is 0 Å². The summed E-state index contributed by atoms with van der Waals surface area (Å²) in [5.74, 6) is 0.703. The van der Waals surface area contributed by atoms with Gasteiger partial charge in [-0.15, -0.1) is 0 Å². The van der Waals surface area contributed by atoms with Crippen molar-refractivity contribution in [3.8, 4) is 0 Å². The fourth-order valence-corrected chi connectivity index (χ4v) is 2.31. The number of pyridine rings is 1. The van der Waals surface area contributed by atoms with Crippen LogP contribution in [0.25, 0.3) is 0 Å². The van der Waals surface area contributed by atoms with Gasteiger partial charge in [0.15, 0.2) is 0 Å². The number of amides is 1. The summed E-state index contributed by atoms with van der Waals surface area (Å²) in [4.78, 5) is 16.0. The van der Waals surface area contributed by atoms with Gasteiger partial charge in [0.2, 0.25) is 0 Å². The van der Waals surface area contributed by atoms with Gasteiger partial charge >= 0.3 is 6.09 Å². The normalized spacial score (nSPS) is 16.8. The highest BCUT2D eigenvalue weighted by molar-refractivity contribution is 5.84. The maximum atomic E-state index is 11.7. The number of nitrogens with one attached hydrogen (secondary N) is 2. The Hall–Kier alpha value is -2.60. The zero-order valence-corrected chi connectivity index (χ0v) is 12.7. The molecule has 6 nitrogen and oxygen atoms in total. The van der Waals surface area contributed by atoms with Crippen LogP contribution in [0.15, 0.2) is 48.7 Å². The SMILES string of the molecule is O=C(Nc1ccc(Nc2ccccc2)nc1)OCC1CCCO1. The second-order valence-electron chi connectivity index (χ2n) is 5.28. The Morgan fingerprint density at radius 2 is 2.09 bits per heavy atom. The number of carbonyl (C=O) groups excluding carboxylic acids is 1. The van der Waals surface area contributed by atoms with Crippen molar-refractivity contribution in [3.63, 3.8) is 0 Å². The maximum absolute atomic E-state index is 11.7. The third-order valence-electron chi connectivity index (χ3n) is 3.48. The third kappa shape index (κ3) is 4.69. The summed E-state index contributed by atoms with van der Waals surface area (Å²) in [6, 6.07) is 13.3. The molecule has 0 aliphatic carbocycles.